The lowest BCUT2D eigenvalue weighted by Crippen LogP contribution is -2.48. The topological polar surface area (TPSA) is 139 Å². The maximum Gasteiger partial charge on any atom is 0.256 e. The molecule has 5 heterocycles. The lowest BCUT2D eigenvalue weighted by molar-refractivity contribution is -0.143. The van der Waals surface area contributed by atoms with Crippen molar-refractivity contribution in [1.29, 1.82) is 0 Å². The van der Waals surface area contributed by atoms with E-state index >= 15 is 0 Å². The number of aromatic nitrogens is 2. The van der Waals surface area contributed by atoms with Gasteiger partial charge in [0.25, 0.3) is 5.91 Å². The minimum Gasteiger partial charge on any atom is -0.350 e. The summed E-state index contributed by atoms with van der Waals surface area (Å²) in [5, 5.41) is 2.97. The van der Waals surface area contributed by atoms with Crippen LogP contribution in [0.4, 0.5) is 4.39 Å². The number of pyridine rings is 2. The zero-order valence-electron chi connectivity index (χ0n) is 25.5. The fraction of sp³-hybridized carbons (Fsp3) is 0.500. The zero-order valence-corrected chi connectivity index (χ0v) is 26.3. The summed E-state index contributed by atoms with van der Waals surface area (Å²) in [6.45, 7) is 9.56. The Morgan fingerprint density at radius 3 is 2.57 bits per heavy atom. The number of carbonyl (C=O) groups excluding carboxylic acids is 4. The van der Waals surface area contributed by atoms with E-state index in [0.29, 0.717) is 47.4 Å². The number of carbonyl (C=O) groups is 4. The van der Waals surface area contributed by atoms with Crippen LogP contribution in [0, 0.1) is 30.1 Å². The highest BCUT2D eigenvalue weighted by Gasteiger charge is 2.72. The summed E-state index contributed by atoms with van der Waals surface area (Å²) in [6.07, 6.45) is 2.21. The van der Waals surface area contributed by atoms with Crippen LogP contribution in [-0.4, -0.2) is 68.6 Å². The molecule has 4 atom stereocenters. The number of imide groups is 1. The van der Waals surface area contributed by atoms with E-state index in [1.54, 1.807) is 30.2 Å². The molecule has 3 aromatic heterocycles. The number of hydrogen-bond donors (Lipinski definition) is 2. The predicted molar refractivity (Wildman–Crippen MR) is 164 cm³/mol. The van der Waals surface area contributed by atoms with Crippen molar-refractivity contribution in [1.82, 2.24) is 25.1 Å². The Bertz CT molecular complexity index is 1680. The van der Waals surface area contributed by atoms with Gasteiger partial charge in [0.1, 0.15) is 6.67 Å². The maximum atomic E-state index is 14.0. The van der Waals surface area contributed by atoms with Crippen molar-refractivity contribution in [2.45, 2.75) is 66.3 Å². The molecule has 10 nitrogen and oxygen atoms in total. The highest BCUT2D eigenvalue weighted by Crippen LogP contribution is 2.63. The van der Waals surface area contributed by atoms with E-state index in [9.17, 15) is 23.6 Å². The number of aryl methyl sites for hydroxylation is 1. The van der Waals surface area contributed by atoms with Gasteiger partial charge in [0, 0.05) is 35.8 Å². The number of piperidine rings is 1. The van der Waals surface area contributed by atoms with Crippen molar-refractivity contribution >= 4 is 45.2 Å². The third kappa shape index (κ3) is 4.97. The Balaban J connectivity index is 1.30. The van der Waals surface area contributed by atoms with Crippen molar-refractivity contribution in [3.05, 3.63) is 46.1 Å². The summed E-state index contributed by atoms with van der Waals surface area (Å²) in [5.41, 5.74) is 8.52. The first-order valence-electron chi connectivity index (χ1n) is 15.0. The molecular formula is C32H37FN6O4S. The molecule has 0 radical (unpaired) electrons. The summed E-state index contributed by atoms with van der Waals surface area (Å²) < 4.78 is 14.7. The smallest absolute Gasteiger partial charge is 0.256 e. The lowest BCUT2D eigenvalue weighted by atomic mass is 9.99. The molecule has 2 saturated heterocycles. The van der Waals surface area contributed by atoms with E-state index in [4.69, 9.17) is 5.73 Å². The minimum absolute atomic E-state index is 0.0107. The number of hydrogen-bond acceptors (Lipinski definition) is 8. The van der Waals surface area contributed by atoms with Gasteiger partial charge < -0.3 is 16.0 Å². The molecule has 0 spiro atoms. The van der Waals surface area contributed by atoms with Crippen molar-refractivity contribution in [2.24, 2.45) is 28.9 Å². The number of rotatable bonds is 8. The van der Waals surface area contributed by atoms with Gasteiger partial charge in [-0.1, -0.05) is 27.7 Å². The fourth-order valence-electron chi connectivity index (χ4n) is 6.66. The SMILES string of the molecule is Cc1cc(CF)nc(-c2ccnc3cc(CN4C(=O)C5C(C4=O)C5(C)C)sc23)c1C(=O)N1CC[C@H](NC(=O)[C@@H](N)C(C)C)C1. The van der Waals surface area contributed by atoms with Crippen molar-refractivity contribution in [2.75, 3.05) is 13.1 Å². The van der Waals surface area contributed by atoms with Crippen LogP contribution in [0.3, 0.4) is 0 Å². The first kappa shape index (κ1) is 30.3. The van der Waals surface area contributed by atoms with Gasteiger partial charge in [-0.2, -0.15) is 0 Å². The first-order chi connectivity index (χ1) is 20.8. The van der Waals surface area contributed by atoms with Crippen LogP contribution in [0.5, 0.6) is 0 Å². The second kappa shape index (κ2) is 11.0. The van der Waals surface area contributed by atoms with Gasteiger partial charge in [0.15, 0.2) is 0 Å². The molecule has 3 N–H and O–H groups in total. The van der Waals surface area contributed by atoms with Crippen LogP contribution in [-0.2, 0) is 27.6 Å². The van der Waals surface area contributed by atoms with E-state index < -0.39 is 12.7 Å². The summed E-state index contributed by atoms with van der Waals surface area (Å²) in [5.74, 6) is -1.29. The molecule has 4 amide bonds. The first-order valence-corrected chi connectivity index (χ1v) is 15.8. The summed E-state index contributed by atoms with van der Waals surface area (Å²) >= 11 is 1.38. The van der Waals surface area contributed by atoms with Gasteiger partial charge in [-0.3, -0.25) is 29.1 Å². The van der Waals surface area contributed by atoms with E-state index in [-0.39, 0.29) is 65.1 Å². The summed E-state index contributed by atoms with van der Waals surface area (Å²) in [4.78, 5) is 65.4. The van der Waals surface area contributed by atoms with Gasteiger partial charge in [0.2, 0.25) is 17.7 Å². The Labute approximate surface area is 259 Å². The number of likely N-dealkylation sites (tertiary alicyclic amines) is 2. The van der Waals surface area contributed by atoms with Crippen LogP contribution >= 0.6 is 11.3 Å². The van der Waals surface area contributed by atoms with E-state index in [1.165, 1.54) is 16.2 Å². The molecule has 3 fully saturated rings. The molecule has 3 aliphatic rings. The Morgan fingerprint density at radius 2 is 1.91 bits per heavy atom. The van der Waals surface area contributed by atoms with Gasteiger partial charge in [0.05, 0.1) is 51.6 Å². The van der Waals surface area contributed by atoms with Crippen LogP contribution < -0.4 is 11.1 Å². The van der Waals surface area contributed by atoms with E-state index in [0.717, 1.165) is 9.58 Å². The standard InChI is InChI=1S/C32H37FN6O4S/c1-15(2)25(34)28(40)37-17-7-9-38(13-17)29(41)22-16(3)10-18(12-33)36-26(22)20-6-8-35-21-11-19(44-27(20)21)14-39-30(42)23-24(31(39)43)32(23,4)5/h6,8,10-11,15,17,23-25H,7,9,12-14,34H2,1-5H3,(H,37,40)/t17-,23?,24?,25-/m0/s1. The zero-order chi connectivity index (χ0) is 31.7. The van der Waals surface area contributed by atoms with Crippen molar-refractivity contribution in [3.8, 4) is 11.3 Å². The molecule has 6 rings (SSSR count). The van der Waals surface area contributed by atoms with E-state index in [1.807, 2.05) is 33.8 Å². The number of nitrogens with zero attached hydrogens (tertiary/aromatic N) is 4. The minimum atomic E-state index is -0.794. The monoisotopic (exact) mass is 620 g/mol. The number of thiophene rings is 1. The average Bonchev–Trinajstić information content (AvgIpc) is 3.39. The van der Waals surface area contributed by atoms with Crippen molar-refractivity contribution in [3.63, 3.8) is 0 Å². The molecular weight excluding hydrogens is 583 g/mol. The third-order valence-corrected chi connectivity index (χ3v) is 10.5. The largest absolute Gasteiger partial charge is 0.350 e. The third-order valence-electron chi connectivity index (χ3n) is 9.39. The van der Waals surface area contributed by atoms with Crippen molar-refractivity contribution < 1.29 is 23.6 Å². The molecule has 1 aliphatic carbocycles. The van der Waals surface area contributed by atoms with E-state index in [2.05, 4.69) is 15.3 Å². The van der Waals surface area contributed by atoms with Gasteiger partial charge in [-0.15, -0.1) is 11.3 Å². The number of fused-ring (bicyclic) bond motifs is 2. The Morgan fingerprint density at radius 1 is 1.20 bits per heavy atom. The van der Waals surface area contributed by atoms with Crippen LogP contribution in [0.25, 0.3) is 21.5 Å². The number of halogens is 1. The fourth-order valence-corrected chi connectivity index (χ4v) is 7.78. The number of amides is 4. The summed E-state index contributed by atoms with van der Waals surface area (Å²) in [7, 11) is 0. The van der Waals surface area contributed by atoms with Gasteiger partial charge in [-0.25, -0.2) is 9.37 Å². The van der Waals surface area contributed by atoms with Gasteiger partial charge in [-0.05, 0) is 48.4 Å². The molecule has 2 aliphatic heterocycles. The summed E-state index contributed by atoms with van der Waals surface area (Å²) in [6, 6.07) is 4.34. The Hall–Kier alpha value is -3.77. The van der Waals surface area contributed by atoms with Crippen LogP contribution in [0.2, 0.25) is 0 Å². The number of nitrogens with one attached hydrogen (secondary N) is 1. The molecule has 0 bridgehead atoms. The van der Waals surface area contributed by atoms with Gasteiger partial charge >= 0.3 is 0 Å². The molecule has 2 unspecified atom stereocenters. The molecule has 0 aromatic carbocycles. The Kier molecular flexibility index (Phi) is 7.56. The highest BCUT2D eigenvalue weighted by molar-refractivity contribution is 7.19. The molecule has 12 heteroatoms. The normalized spacial score (nSPS) is 23.0. The predicted octanol–water partition coefficient (Wildman–Crippen LogP) is 3.59. The second-order valence-electron chi connectivity index (χ2n) is 13.1. The number of alkyl halides is 1. The molecule has 3 aromatic rings. The average molecular weight is 621 g/mol. The van der Waals surface area contributed by atoms with Crippen LogP contribution in [0.1, 0.15) is 60.6 Å². The van der Waals surface area contributed by atoms with Crippen LogP contribution in [0.15, 0.2) is 24.4 Å². The maximum absolute atomic E-state index is 14.0. The molecule has 1 saturated carbocycles. The lowest BCUT2D eigenvalue weighted by Gasteiger charge is -2.22. The molecule has 44 heavy (non-hydrogen) atoms. The molecule has 232 valence electrons. The highest BCUT2D eigenvalue weighted by atomic mass is 32.1. The quantitative estimate of drug-likeness (QED) is 0.367. The number of nitrogens with two attached hydrogens (primary N) is 1. The second-order valence-corrected chi connectivity index (χ2v) is 14.3.